The van der Waals surface area contributed by atoms with E-state index in [1.165, 1.54) is 14.2 Å². The number of aliphatic hydroxyl groups is 1. The molecular formula is C47H58N4O7. The number of aliphatic hydroxyl groups excluding tert-OH is 1. The van der Waals surface area contributed by atoms with Crippen molar-refractivity contribution in [2.75, 3.05) is 48.1 Å². The van der Waals surface area contributed by atoms with Crippen molar-refractivity contribution in [1.82, 2.24) is 19.8 Å². The van der Waals surface area contributed by atoms with Crippen LogP contribution >= 0.6 is 0 Å². The number of benzene rings is 2. The average Bonchev–Trinajstić information content (AvgIpc) is 3.76. The molecule has 4 aliphatic heterocycles. The third kappa shape index (κ3) is 5.24. The van der Waals surface area contributed by atoms with Gasteiger partial charge in [0.05, 0.1) is 33.5 Å². The number of aromatic nitrogens is 2. The number of esters is 2. The number of ether oxygens (including phenoxy) is 3. The minimum absolute atomic E-state index is 0.102. The summed E-state index contributed by atoms with van der Waals surface area (Å²) in [5, 5.41) is 13.7. The second-order valence-corrected chi connectivity index (χ2v) is 17.9. The third-order valence-corrected chi connectivity index (χ3v) is 15.6. The maximum atomic E-state index is 14.7. The number of carbonyl (C=O) groups is 3. The van der Waals surface area contributed by atoms with Crippen LogP contribution in [-0.4, -0.2) is 109 Å². The number of hydrogen-bond donors (Lipinski definition) is 3. The summed E-state index contributed by atoms with van der Waals surface area (Å²) >= 11 is 0. The summed E-state index contributed by atoms with van der Waals surface area (Å²) in [6.45, 7) is 6.97. The molecule has 2 aliphatic carbocycles. The van der Waals surface area contributed by atoms with Crippen LogP contribution in [0.3, 0.4) is 0 Å². The monoisotopic (exact) mass is 790 g/mol. The lowest BCUT2D eigenvalue weighted by Crippen LogP contribution is -2.70. The minimum Gasteiger partial charge on any atom is -0.496 e. The van der Waals surface area contributed by atoms with Gasteiger partial charge in [0.25, 0.3) is 0 Å². The molecule has 58 heavy (non-hydrogen) atoms. The molecule has 10 rings (SSSR count). The fourth-order valence-electron chi connectivity index (χ4n) is 13.4. The van der Waals surface area contributed by atoms with Crippen LogP contribution in [0.5, 0.6) is 5.75 Å². The van der Waals surface area contributed by atoms with Crippen LogP contribution in [0.2, 0.25) is 0 Å². The average molecular weight is 791 g/mol. The Morgan fingerprint density at radius 3 is 2.47 bits per heavy atom. The molecule has 11 heteroatoms. The molecule has 2 aromatic heterocycles. The second-order valence-electron chi connectivity index (χ2n) is 17.9. The van der Waals surface area contributed by atoms with Crippen LogP contribution in [0.25, 0.3) is 21.8 Å². The number of piperidine rings is 3. The number of nitrogens with one attached hydrogen (secondary N) is 2. The number of nitrogens with zero attached hydrogens (tertiary/aromatic N) is 2. The van der Waals surface area contributed by atoms with Gasteiger partial charge in [0, 0.05) is 82.7 Å². The van der Waals surface area contributed by atoms with Gasteiger partial charge in [-0.3, -0.25) is 24.2 Å². The highest BCUT2D eigenvalue weighted by Crippen LogP contribution is 2.60. The first-order valence-corrected chi connectivity index (χ1v) is 21.2. The molecule has 6 heterocycles. The van der Waals surface area contributed by atoms with Gasteiger partial charge in [0.2, 0.25) is 0 Å². The normalized spacial score (nSPS) is 33.6. The number of ketones is 1. The van der Waals surface area contributed by atoms with Gasteiger partial charge in [-0.2, -0.15) is 0 Å². The summed E-state index contributed by atoms with van der Waals surface area (Å²) in [6.07, 6.45) is 6.89. The van der Waals surface area contributed by atoms with Crippen molar-refractivity contribution in [3.8, 4) is 5.75 Å². The van der Waals surface area contributed by atoms with Crippen molar-refractivity contribution in [2.24, 2.45) is 23.2 Å². The number of likely N-dealkylation sites (N-methyl/N-ethyl adjacent to an activating group) is 1. The smallest absolute Gasteiger partial charge is 0.319 e. The largest absolute Gasteiger partial charge is 0.496 e. The van der Waals surface area contributed by atoms with E-state index in [1.54, 1.807) is 14.0 Å². The Labute approximate surface area is 340 Å². The molecule has 0 amide bonds. The fourth-order valence-corrected chi connectivity index (χ4v) is 13.4. The zero-order valence-electron chi connectivity index (χ0n) is 34.9. The number of carbonyl (C=O) groups excluding carboxylic acids is 3. The number of methoxy groups -OCH3 is 3. The SMILES string of the molecule is C/C=C1/CN(C)[C@H]2Cc3c([nH]c4ccccc34)C(c3c(OC)ccc4c5c([nH]c34)[C@@]3(C(=O)OC)C[C@@H]4C[C@H](CC)C3N(CC5)C4CC(C)=O)C[C@H]1C2(CO)C(=O)OC. The molecule has 3 N–H and O–H groups in total. The van der Waals surface area contributed by atoms with Crippen LogP contribution in [0, 0.1) is 23.2 Å². The molecule has 2 aromatic carbocycles. The molecule has 308 valence electrons. The first-order valence-electron chi connectivity index (χ1n) is 21.2. The molecule has 4 aromatic rings. The topological polar surface area (TPSA) is 137 Å². The van der Waals surface area contributed by atoms with E-state index in [2.05, 4.69) is 63.1 Å². The maximum absolute atomic E-state index is 14.7. The lowest BCUT2D eigenvalue weighted by molar-refractivity contribution is -0.170. The molecule has 6 bridgehead atoms. The molecule has 10 atom stereocenters. The summed E-state index contributed by atoms with van der Waals surface area (Å²) in [4.78, 5) is 54.3. The molecule has 0 spiro atoms. The van der Waals surface area contributed by atoms with E-state index in [9.17, 15) is 19.5 Å². The number of fused-ring (bicyclic) bond motifs is 9. The van der Waals surface area contributed by atoms with Gasteiger partial charge < -0.3 is 29.3 Å². The van der Waals surface area contributed by atoms with E-state index in [-0.39, 0.29) is 60.2 Å². The Bertz CT molecular complexity index is 2340. The van der Waals surface area contributed by atoms with E-state index in [0.29, 0.717) is 44.4 Å². The Hall–Kier alpha value is -4.45. The third-order valence-electron chi connectivity index (χ3n) is 15.6. The Morgan fingerprint density at radius 2 is 1.78 bits per heavy atom. The molecule has 3 saturated heterocycles. The lowest BCUT2D eigenvalue weighted by Gasteiger charge is -2.61. The van der Waals surface area contributed by atoms with Crippen molar-refractivity contribution < 1.29 is 33.7 Å². The number of hydrogen-bond acceptors (Lipinski definition) is 9. The van der Waals surface area contributed by atoms with Gasteiger partial charge in [-0.05, 0) is 94.2 Å². The second kappa shape index (κ2) is 14.4. The van der Waals surface area contributed by atoms with Gasteiger partial charge in [-0.15, -0.1) is 0 Å². The summed E-state index contributed by atoms with van der Waals surface area (Å²) in [5.74, 6) is 0.0641. The van der Waals surface area contributed by atoms with Crippen molar-refractivity contribution >= 4 is 39.5 Å². The molecular weight excluding hydrogens is 733 g/mol. The van der Waals surface area contributed by atoms with Crippen molar-refractivity contribution in [3.05, 3.63) is 76.1 Å². The number of allylic oxidation sites excluding steroid dienone is 1. The van der Waals surface area contributed by atoms with E-state index >= 15 is 0 Å². The van der Waals surface area contributed by atoms with E-state index in [0.717, 1.165) is 74.8 Å². The van der Waals surface area contributed by atoms with Gasteiger partial charge in [0.1, 0.15) is 22.4 Å². The number of rotatable bonds is 8. The number of likely N-dealkylation sites (tertiary alicyclic amines) is 1. The summed E-state index contributed by atoms with van der Waals surface area (Å²) < 4.78 is 17.8. The van der Waals surface area contributed by atoms with E-state index in [4.69, 9.17) is 14.2 Å². The van der Waals surface area contributed by atoms with Gasteiger partial charge in [0.15, 0.2) is 0 Å². The fraction of sp³-hybridized carbons (Fsp3) is 0.553. The lowest BCUT2D eigenvalue weighted by atomic mass is 9.54. The summed E-state index contributed by atoms with van der Waals surface area (Å²) in [7, 11) is 6.68. The van der Waals surface area contributed by atoms with Gasteiger partial charge in [-0.25, -0.2) is 0 Å². The predicted octanol–water partition coefficient (Wildman–Crippen LogP) is 6.20. The Balaban J connectivity index is 1.32. The zero-order chi connectivity index (χ0) is 40.8. The number of para-hydroxylation sites is 1. The molecule has 11 nitrogen and oxygen atoms in total. The van der Waals surface area contributed by atoms with Crippen LogP contribution < -0.4 is 4.74 Å². The first kappa shape index (κ1) is 39.0. The van der Waals surface area contributed by atoms with Gasteiger partial charge in [-0.1, -0.05) is 43.2 Å². The van der Waals surface area contributed by atoms with Crippen LogP contribution in [0.15, 0.2) is 48.0 Å². The minimum atomic E-state index is -1.22. The molecule has 0 radical (unpaired) electrons. The highest BCUT2D eigenvalue weighted by Gasteiger charge is 2.66. The molecule has 6 aliphatic rings. The maximum Gasteiger partial charge on any atom is 0.319 e. The van der Waals surface area contributed by atoms with Crippen LogP contribution in [-0.2, 0) is 42.1 Å². The van der Waals surface area contributed by atoms with E-state index in [1.807, 2.05) is 20.0 Å². The number of H-pyrrole nitrogens is 2. The van der Waals surface area contributed by atoms with Crippen molar-refractivity contribution in [2.45, 2.75) is 95.2 Å². The van der Waals surface area contributed by atoms with Crippen molar-refractivity contribution in [3.63, 3.8) is 0 Å². The Kier molecular flexibility index (Phi) is 9.68. The molecule has 1 saturated carbocycles. The van der Waals surface area contributed by atoms with E-state index < -0.39 is 16.8 Å². The first-order chi connectivity index (χ1) is 28.0. The molecule has 4 fully saturated rings. The van der Waals surface area contributed by atoms with Crippen molar-refractivity contribution in [1.29, 1.82) is 0 Å². The standard InChI is InChI=1S/C47H58N4O7/c1-8-26-19-28-22-46(44(54)57-6)42-31(16-17-51(43(26)46)36(28)18-25(3)53)30-14-15-37(56-5)39(41(30)49-42)33-20-34-27(9-2)23-50(4)38(47(34,24-52)45(55)58-7)21-32-29-12-10-11-13-35(29)48-40(32)33/h9-15,26,28,33-34,36,38,43,48-49,52H,8,16-24H2,1-7H3/b27-9-/t26-,28-,33?,34+,36?,38-,43?,46-,47?/m0/s1. The van der Waals surface area contributed by atoms with Crippen LogP contribution in [0.1, 0.15) is 86.9 Å². The van der Waals surface area contributed by atoms with Crippen LogP contribution in [0.4, 0.5) is 0 Å². The van der Waals surface area contributed by atoms with Gasteiger partial charge >= 0.3 is 11.9 Å². The molecule has 5 unspecified atom stereocenters. The zero-order valence-corrected chi connectivity index (χ0v) is 34.9. The Morgan fingerprint density at radius 1 is 1.00 bits per heavy atom. The highest BCUT2D eigenvalue weighted by atomic mass is 16.5. The number of Topliss-reactive ketones (excluding diaryl/α,β-unsaturated/α-hetero) is 1. The predicted molar refractivity (Wildman–Crippen MR) is 222 cm³/mol. The summed E-state index contributed by atoms with van der Waals surface area (Å²) in [5.41, 5.74) is 6.04. The summed E-state index contributed by atoms with van der Waals surface area (Å²) in [6, 6.07) is 12.2. The number of aromatic amines is 2. The highest BCUT2D eigenvalue weighted by molar-refractivity contribution is 5.95. The quantitative estimate of drug-likeness (QED) is 0.141.